The minimum absolute atomic E-state index is 0.365. The van der Waals surface area contributed by atoms with Crippen LogP contribution in [-0.4, -0.2) is 25.0 Å². The number of anilines is 2. The van der Waals surface area contributed by atoms with Crippen LogP contribution in [0.1, 0.15) is 23.6 Å². The van der Waals surface area contributed by atoms with Gasteiger partial charge in [0, 0.05) is 12.2 Å². The maximum atomic E-state index is 13.7. The Kier molecular flexibility index (Phi) is 5.15. The summed E-state index contributed by atoms with van der Waals surface area (Å²) in [4.78, 5) is 30.6. The van der Waals surface area contributed by atoms with E-state index in [0.717, 1.165) is 17.7 Å². The van der Waals surface area contributed by atoms with Gasteiger partial charge in [0.2, 0.25) is 0 Å². The number of fused-ring (bicyclic) bond motifs is 1. The molecule has 0 N–H and O–H groups in total. The van der Waals surface area contributed by atoms with Gasteiger partial charge in [-0.2, -0.15) is 5.26 Å². The number of benzene rings is 3. The Morgan fingerprint density at radius 1 is 0.939 bits per heavy atom. The van der Waals surface area contributed by atoms with E-state index in [1.54, 1.807) is 24.3 Å². The predicted molar refractivity (Wildman–Crippen MR) is 126 cm³/mol. The van der Waals surface area contributed by atoms with Crippen LogP contribution in [0.25, 0.3) is 5.57 Å². The van der Waals surface area contributed by atoms with Gasteiger partial charge in [0.1, 0.15) is 11.4 Å². The molecule has 162 valence electrons. The topological polar surface area (TPSA) is 73.6 Å². The van der Waals surface area contributed by atoms with Crippen molar-refractivity contribution in [2.75, 3.05) is 23.0 Å². The molecule has 0 spiro atoms. The van der Waals surface area contributed by atoms with E-state index >= 15 is 0 Å². The van der Waals surface area contributed by atoms with Crippen molar-refractivity contribution in [3.63, 3.8) is 0 Å². The summed E-state index contributed by atoms with van der Waals surface area (Å²) < 4.78 is 5.54. The Bertz CT molecular complexity index is 1320. The number of nitriles is 1. The van der Waals surface area contributed by atoms with Gasteiger partial charge in [0.15, 0.2) is 0 Å². The summed E-state index contributed by atoms with van der Waals surface area (Å²) in [5, 5.41) is 9.11. The van der Waals surface area contributed by atoms with Crippen LogP contribution in [0.3, 0.4) is 0 Å². The van der Waals surface area contributed by atoms with Gasteiger partial charge in [-0.3, -0.25) is 9.59 Å². The molecule has 0 radical (unpaired) electrons. The summed E-state index contributed by atoms with van der Waals surface area (Å²) in [6.45, 7) is 3.07. The monoisotopic (exact) mass is 435 g/mol. The van der Waals surface area contributed by atoms with Crippen molar-refractivity contribution in [2.45, 2.75) is 13.3 Å². The lowest BCUT2D eigenvalue weighted by Gasteiger charge is -2.22. The number of carbonyl (C=O) groups excluding carboxylic acids is 2. The zero-order chi connectivity index (χ0) is 22.9. The second-order valence-electron chi connectivity index (χ2n) is 7.82. The highest BCUT2D eigenvalue weighted by Gasteiger charge is 2.44. The molecular formula is C27H21N3O3. The van der Waals surface area contributed by atoms with Crippen molar-refractivity contribution in [1.82, 2.24) is 0 Å². The van der Waals surface area contributed by atoms with Gasteiger partial charge < -0.3 is 9.64 Å². The molecule has 0 atom stereocenters. The first kappa shape index (κ1) is 20.5. The van der Waals surface area contributed by atoms with Gasteiger partial charge >= 0.3 is 0 Å². The number of nitrogens with zero attached hydrogens (tertiary/aromatic N) is 3. The second kappa shape index (κ2) is 8.29. The first-order valence-corrected chi connectivity index (χ1v) is 10.8. The van der Waals surface area contributed by atoms with Crippen LogP contribution in [0, 0.1) is 11.3 Å². The summed E-state index contributed by atoms with van der Waals surface area (Å²) in [6.07, 6.45) is 0.800. The number of ether oxygens (including phenoxy) is 1. The van der Waals surface area contributed by atoms with Crippen LogP contribution in [-0.2, 0) is 16.0 Å². The molecule has 0 aliphatic carbocycles. The zero-order valence-electron chi connectivity index (χ0n) is 18.1. The molecule has 6 heteroatoms. The maximum Gasteiger partial charge on any atom is 0.282 e. The third kappa shape index (κ3) is 3.44. The highest BCUT2D eigenvalue weighted by molar-refractivity contribution is 6.46. The maximum absolute atomic E-state index is 13.7. The number of carbonyl (C=O) groups is 2. The molecule has 0 saturated carbocycles. The van der Waals surface area contributed by atoms with E-state index in [0.29, 0.717) is 47.0 Å². The van der Waals surface area contributed by atoms with E-state index in [2.05, 4.69) is 6.07 Å². The van der Waals surface area contributed by atoms with E-state index in [1.807, 2.05) is 60.4 Å². The van der Waals surface area contributed by atoms with Gasteiger partial charge in [0.25, 0.3) is 11.8 Å². The molecule has 6 nitrogen and oxygen atoms in total. The van der Waals surface area contributed by atoms with Crippen molar-refractivity contribution in [3.8, 4) is 11.8 Å². The minimum atomic E-state index is -0.381. The molecule has 33 heavy (non-hydrogen) atoms. The SMILES string of the molecule is CCOc1ccc(C2=C(N3CCc4ccccc43)C(=O)N(c3ccc(C#N)cc3)C2=O)cc1. The number of hydrogen-bond donors (Lipinski definition) is 0. The molecule has 0 aromatic heterocycles. The van der Waals surface area contributed by atoms with Crippen LogP contribution in [0.2, 0.25) is 0 Å². The first-order valence-electron chi connectivity index (χ1n) is 10.8. The van der Waals surface area contributed by atoms with Crippen LogP contribution >= 0.6 is 0 Å². The predicted octanol–water partition coefficient (Wildman–Crippen LogP) is 4.30. The summed E-state index contributed by atoms with van der Waals surface area (Å²) in [7, 11) is 0. The number of hydrogen-bond acceptors (Lipinski definition) is 5. The normalized spacial score (nSPS) is 15.2. The molecule has 0 saturated heterocycles. The number of para-hydroxylation sites is 1. The van der Waals surface area contributed by atoms with Crippen molar-refractivity contribution in [2.24, 2.45) is 0 Å². The van der Waals surface area contributed by atoms with Crippen LogP contribution in [0.5, 0.6) is 5.75 Å². The molecule has 0 bridgehead atoms. The fraction of sp³-hybridized carbons (Fsp3) is 0.148. The Hall–Kier alpha value is -4.37. The smallest absolute Gasteiger partial charge is 0.282 e. The lowest BCUT2D eigenvalue weighted by Crippen LogP contribution is -2.34. The van der Waals surface area contributed by atoms with E-state index in [4.69, 9.17) is 10.00 Å². The van der Waals surface area contributed by atoms with Crippen molar-refractivity contribution in [1.29, 1.82) is 5.26 Å². The molecule has 3 aromatic carbocycles. The summed E-state index contributed by atoms with van der Waals surface area (Å²) in [5.41, 5.74) is 4.39. The minimum Gasteiger partial charge on any atom is -0.494 e. The molecule has 5 rings (SSSR count). The van der Waals surface area contributed by atoms with Crippen molar-refractivity contribution in [3.05, 3.63) is 95.2 Å². The molecule has 0 unspecified atom stereocenters. The van der Waals surface area contributed by atoms with Gasteiger partial charge in [-0.15, -0.1) is 0 Å². The molecule has 2 heterocycles. The third-order valence-electron chi connectivity index (χ3n) is 5.93. The summed E-state index contributed by atoms with van der Waals surface area (Å²) in [5.74, 6) is -0.0471. The van der Waals surface area contributed by atoms with E-state index < -0.39 is 0 Å². The standard InChI is InChI=1S/C27H21N3O3/c1-2-33-22-13-9-20(10-14-22)24-25(29-16-15-19-5-3-4-6-23(19)29)27(32)30(26(24)31)21-11-7-18(17-28)8-12-21/h3-14H,2,15-16H2,1H3. The molecule has 3 aromatic rings. The Morgan fingerprint density at radius 3 is 2.36 bits per heavy atom. The first-order chi connectivity index (χ1) is 16.1. The van der Waals surface area contributed by atoms with Crippen LogP contribution in [0.4, 0.5) is 11.4 Å². The van der Waals surface area contributed by atoms with Crippen molar-refractivity contribution < 1.29 is 14.3 Å². The Balaban J connectivity index is 1.63. The highest BCUT2D eigenvalue weighted by Crippen LogP contribution is 2.40. The quantitative estimate of drug-likeness (QED) is 0.559. The van der Waals surface area contributed by atoms with Crippen LogP contribution in [0.15, 0.2) is 78.5 Å². The van der Waals surface area contributed by atoms with E-state index in [9.17, 15) is 9.59 Å². The van der Waals surface area contributed by atoms with Gasteiger partial charge in [0.05, 0.1) is 29.5 Å². The molecule has 2 aliphatic heterocycles. The molecular weight excluding hydrogens is 414 g/mol. The fourth-order valence-corrected chi connectivity index (χ4v) is 4.40. The average Bonchev–Trinajstić information content (AvgIpc) is 3.38. The van der Waals surface area contributed by atoms with E-state index in [1.165, 1.54) is 4.90 Å². The fourth-order valence-electron chi connectivity index (χ4n) is 4.40. The van der Waals surface area contributed by atoms with Gasteiger partial charge in [-0.25, -0.2) is 4.90 Å². The molecule has 0 fully saturated rings. The molecule has 2 aliphatic rings. The summed E-state index contributed by atoms with van der Waals surface area (Å²) in [6, 6.07) is 23.7. The summed E-state index contributed by atoms with van der Waals surface area (Å²) >= 11 is 0. The number of imide groups is 1. The van der Waals surface area contributed by atoms with Gasteiger partial charge in [-0.05, 0) is 66.9 Å². The Morgan fingerprint density at radius 2 is 1.67 bits per heavy atom. The van der Waals surface area contributed by atoms with Gasteiger partial charge in [-0.1, -0.05) is 30.3 Å². The second-order valence-corrected chi connectivity index (χ2v) is 7.82. The Labute approximate surface area is 191 Å². The number of amides is 2. The largest absolute Gasteiger partial charge is 0.494 e. The highest BCUT2D eigenvalue weighted by atomic mass is 16.5. The lowest BCUT2D eigenvalue weighted by atomic mass is 10.0. The lowest BCUT2D eigenvalue weighted by molar-refractivity contribution is -0.120. The number of rotatable bonds is 5. The third-order valence-corrected chi connectivity index (χ3v) is 5.93. The van der Waals surface area contributed by atoms with Crippen LogP contribution < -0.4 is 14.5 Å². The zero-order valence-corrected chi connectivity index (χ0v) is 18.1. The molecule has 2 amide bonds. The average molecular weight is 435 g/mol. The van der Waals surface area contributed by atoms with Crippen molar-refractivity contribution >= 4 is 28.8 Å². The van der Waals surface area contributed by atoms with E-state index in [-0.39, 0.29) is 11.8 Å².